The predicted molar refractivity (Wildman–Crippen MR) is 79.8 cm³/mol. The second-order valence-electron chi connectivity index (χ2n) is 5.46. The fourth-order valence-electron chi connectivity index (χ4n) is 2.70. The first-order valence-electron chi connectivity index (χ1n) is 7.55. The number of hydrogen-bond donors (Lipinski definition) is 1. The lowest BCUT2D eigenvalue weighted by Gasteiger charge is -2.27. The molecule has 20 heavy (non-hydrogen) atoms. The molecule has 0 aromatic carbocycles. The van der Waals surface area contributed by atoms with Crippen LogP contribution in [0.25, 0.3) is 0 Å². The summed E-state index contributed by atoms with van der Waals surface area (Å²) in [6, 6.07) is 0.360. The molecule has 0 bridgehead atoms. The van der Waals surface area contributed by atoms with Gasteiger partial charge in [-0.25, -0.2) is 0 Å². The van der Waals surface area contributed by atoms with Crippen molar-refractivity contribution in [3.63, 3.8) is 0 Å². The van der Waals surface area contributed by atoms with E-state index in [1.54, 1.807) is 0 Å². The Morgan fingerprint density at radius 1 is 1.20 bits per heavy atom. The first kappa shape index (κ1) is 14.8. The molecular weight excluding hydrogens is 254 g/mol. The Bertz CT molecular complexity index is 436. The zero-order valence-electron chi connectivity index (χ0n) is 12.7. The van der Waals surface area contributed by atoms with Crippen LogP contribution in [-0.2, 0) is 0 Å². The van der Waals surface area contributed by atoms with Crippen molar-refractivity contribution in [2.45, 2.75) is 52.6 Å². The Kier molecular flexibility index (Phi) is 4.98. The third-order valence-corrected chi connectivity index (χ3v) is 3.83. The maximum Gasteiger partial charge on any atom is 0.323 e. The van der Waals surface area contributed by atoms with Gasteiger partial charge in [0.05, 0.1) is 0 Å². The molecule has 112 valence electrons. The van der Waals surface area contributed by atoms with E-state index in [2.05, 4.69) is 35.7 Å². The molecule has 1 heterocycles. The Morgan fingerprint density at radius 3 is 2.60 bits per heavy atom. The van der Waals surface area contributed by atoms with Gasteiger partial charge in [-0.1, -0.05) is 13.3 Å². The first-order chi connectivity index (χ1) is 9.62. The number of nitrogens with two attached hydrogens (primary N) is 1. The molecule has 0 saturated heterocycles. The Morgan fingerprint density at radius 2 is 1.95 bits per heavy atom. The molecular formula is C14H25N5O. The van der Waals surface area contributed by atoms with E-state index >= 15 is 0 Å². The molecule has 0 radical (unpaired) electrons. The Balaban J connectivity index is 2.11. The molecule has 1 aromatic rings. The average molecular weight is 279 g/mol. The summed E-state index contributed by atoms with van der Waals surface area (Å²) >= 11 is 0. The van der Waals surface area contributed by atoms with E-state index in [0.29, 0.717) is 17.9 Å². The summed E-state index contributed by atoms with van der Waals surface area (Å²) in [5, 5.41) is 0. The van der Waals surface area contributed by atoms with Gasteiger partial charge in [0.1, 0.15) is 6.10 Å². The molecule has 0 spiro atoms. The van der Waals surface area contributed by atoms with Gasteiger partial charge in [-0.15, -0.1) is 0 Å². The summed E-state index contributed by atoms with van der Waals surface area (Å²) in [4.78, 5) is 14.7. The zero-order valence-corrected chi connectivity index (χ0v) is 12.7. The highest BCUT2D eigenvalue weighted by atomic mass is 16.5. The molecule has 2 N–H and O–H groups in total. The number of anilines is 2. The molecule has 0 amide bonds. The number of nitrogen functional groups attached to an aromatic ring is 1. The molecule has 2 rings (SSSR count). The summed E-state index contributed by atoms with van der Waals surface area (Å²) in [5.74, 6) is 1.53. The summed E-state index contributed by atoms with van der Waals surface area (Å²) < 4.78 is 5.92. The third kappa shape index (κ3) is 3.71. The topological polar surface area (TPSA) is 77.2 Å². The number of hydrogen-bond acceptors (Lipinski definition) is 6. The monoisotopic (exact) mass is 279 g/mol. The van der Waals surface area contributed by atoms with Crippen LogP contribution in [0.3, 0.4) is 0 Å². The van der Waals surface area contributed by atoms with E-state index in [0.717, 1.165) is 25.9 Å². The van der Waals surface area contributed by atoms with E-state index in [4.69, 9.17) is 10.5 Å². The summed E-state index contributed by atoms with van der Waals surface area (Å²) in [5.41, 5.74) is 5.77. The Hall–Kier alpha value is -1.59. The molecule has 2 unspecified atom stereocenters. The molecule has 1 aliphatic rings. The van der Waals surface area contributed by atoms with Crippen molar-refractivity contribution in [1.82, 2.24) is 15.0 Å². The number of rotatable bonds is 5. The normalized spacial score (nSPS) is 22.6. The summed E-state index contributed by atoms with van der Waals surface area (Å²) in [7, 11) is 0. The van der Waals surface area contributed by atoms with Crippen LogP contribution in [0.5, 0.6) is 6.01 Å². The Labute approximate surface area is 120 Å². The van der Waals surface area contributed by atoms with Crippen LogP contribution in [0.2, 0.25) is 0 Å². The quantitative estimate of drug-likeness (QED) is 0.890. The van der Waals surface area contributed by atoms with E-state index < -0.39 is 0 Å². The zero-order chi connectivity index (χ0) is 14.5. The second-order valence-corrected chi connectivity index (χ2v) is 5.46. The minimum atomic E-state index is 0.199. The number of ether oxygens (including phenoxy) is 1. The minimum absolute atomic E-state index is 0.199. The lowest BCUT2D eigenvalue weighted by molar-refractivity contribution is 0.118. The average Bonchev–Trinajstić information content (AvgIpc) is 2.39. The van der Waals surface area contributed by atoms with Gasteiger partial charge >= 0.3 is 6.01 Å². The second kappa shape index (κ2) is 6.72. The van der Waals surface area contributed by atoms with Crippen LogP contribution in [0, 0.1) is 5.92 Å². The molecule has 0 aliphatic heterocycles. The number of aromatic nitrogens is 3. The predicted octanol–water partition coefficient (Wildman–Crippen LogP) is 2.26. The van der Waals surface area contributed by atoms with Crippen molar-refractivity contribution in [3.8, 4) is 6.01 Å². The minimum Gasteiger partial charge on any atom is -0.460 e. The van der Waals surface area contributed by atoms with Crippen LogP contribution in [0.1, 0.15) is 46.5 Å². The molecule has 1 saturated carbocycles. The SMILES string of the molecule is CCN(CC)c1nc(N)nc(OC2CCCC(C)C2)n1. The van der Waals surface area contributed by atoms with E-state index in [1.165, 1.54) is 12.8 Å². The maximum absolute atomic E-state index is 5.92. The third-order valence-electron chi connectivity index (χ3n) is 3.83. The smallest absolute Gasteiger partial charge is 0.323 e. The number of nitrogens with zero attached hydrogens (tertiary/aromatic N) is 4. The largest absolute Gasteiger partial charge is 0.460 e. The fourth-order valence-corrected chi connectivity index (χ4v) is 2.70. The van der Waals surface area contributed by atoms with Crippen LogP contribution in [0.15, 0.2) is 0 Å². The first-order valence-corrected chi connectivity index (χ1v) is 7.55. The molecule has 1 fully saturated rings. The highest BCUT2D eigenvalue weighted by molar-refractivity contribution is 5.35. The van der Waals surface area contributed by atoms with Gasteiger partial charge in [0.2, 0.25) is 11.9 Å². The standard InChI is InChI=1S/C14H25N5O/c1-4-19(5-2)13-16-12(15)17-14(18-13)20-11-8-6-7-10(3)9-11/h10-11H,4-9H2,1-3H3,(H2,15,16,17,18). The lowest BCUT2D eigenvalue weighted by atomic mass is 9.89. The highest BCUT2D eigenvalue weighted by Crippen LogP contribution is 2.26. The lowest BCUT2D eigenvalue weighted by Crippen LogP contribution is -2.27. The molecule has 2 atom stereocenters. The highest BCUT2D eigenvalue weighted by Gasteiger charge is 2.22. The van der Waals surface area contributed by atoms with E-state index in [1.807, 2.05) is 4.90 Å². The van der Waals surface area contributed by atoms with Crippen LogP contribution < -0.4 is 15.4 Å². The van der Waals surface area contributed by atoms with Crippen LogP contribution >= 0.6 is 0 Å². The van der Waals surface area contributed by atoms with Crippen molar-refractivity contribution in [3.05, 3.63) is 0 Å². The van der Waals surface area contributed by atoms with Gasteiger partial charge in [0.25, 0.3) is 0 Å². The van der Waals surface area contributed by atoms with E-state index in [9.17, 15) is 0 Å². The fraction of sp³-hybridized carbons (Fsp3) is 0.786. The van der Waals surface area contributed by atoms with Crippen molar-refractivity contribution in [2.24, 2.45) is 5.92 Å². The molecule has 1 aromatic heterocycles. The van der Waals surface area contributed by atoms with Gasteiger partial charge in [0, 0.05) is 13.1 Å². The van der Waals surface area contributed by atoms with Gasteiger partial charge in [0.15, 0.2) is 0 Å². The van der Waals surface area contributed by atoms with Gasteiger partial charge in [-0.2, -0.15) is 15.0 Å². The maximum atomic E-state index is 5.92. The van der Waals surface area contributed by atoms with Crippen molar-refractivity contribution in [2.75, 3.05) is 23.7 Å². The molecule has 1 aliphatic carbocycles. The van der Waals surface area contributed by atoms with Gasteiger partial charge in [-0.3, -0.25) is 0 Å². The van der Waals surface area contributed by atoms with Crippen LogP contribution in [0.4, 0.5) is 11.9 Å². The summed E-state index contributed by atoms with van der Waals surface area (Å²) in [6.45, 7) is 8.05. The molecule has 6 nitrogen and oxygen atoms in total. The van der Waals surface area contributed by atoms with Crippen molar-refractivity contribution in [1.29, 1.82) is 0 Å². The molecule has 6 heteroatoms. The van der Waals surface area contributed by atoms with E-state index in [-0.39, 0.29) is 12.1 Å². The summed E-state index contributed by atoms with van der Waals surface area (Å²) in [6.07, 6.45) is 4.81. The van der Waals surface area contributed by atoms with Gasteiger partial charge in [-0.05, 0) is 39.0 Å². The van der Waals surface area contributed by atoms with Crippen molar-refractivity contribution >= 4 is 11.9 Å². The van der Waals surface area contributed by atoms with Crippen LogP contribution in [-0.4, -0.2) is 34.1 Å². The van der Waals surface area contributed by atoms with Crippen molar-refractivity contribution < 1.29 is 4.74 Å². The van der Waals surface area contributed by atoms with Gasteiger partial charge < -0.3 is 15.4 Å².